The predicted molar refractivity (Wildman–Crippen MR) is 103 cm³/mol. The molecule has 1 aliphatic heterocycles. The van der Waals surface area contributed by atoms with E-state index < -0.39 is 10.0 Å². The van der Waals surface area contributed by atoms with Crippen molar-refractivity contribution in [2.45, 2.75) is 25.2 Å². The van der Waals surface area contributed by atoms with E-state index in [1.807, 2.05) is 4.90 Å². The first-order valence-electron chi connectivity index (χ1n) is 8.82. The van der Waals surface area contributed by atoms with E-state index in [1.165, 1.54) is 0 Å². The van der Waals surface area contributed by atoms with Crippen molar-refractivity contribution in [3.05, 3.63) is 60.2 Å². The van der Waals surface area contributed by atoms with Crippen LogP contribution in [0.5, 0.6) is 0 Å². The Bertz CT molecular complexity index is 854. The number of anilines is 1. The summed E-state index contributed by atoms with van der Waals surface area (Å²) in [6, 6.07) is 14.8. The quantitative estimate of drug-likeness (QED) is 0.892. The second kappa shape index (κ2) is 7.50. The third-order valence-corrected chi connectivity index (χ3v) is 5.99. The summed E-state index contributed by atoms with van der Waals surface area (Å²) in [5.41, 5.74) is 1.01. The van der Waals surface area contributed by atoms with Crippen LogP contribution < -0.4 is 4.72 Å². The van der Waals surface area contributed by atoms with E-state index in [-0.39, 0.29) is 10.8 Å². The van der Waals surface area contributed by atoms with Gasteiger partial charge in [0.25, 0.3) is 15.9 Å². The molecule has 0 aromatic heterocycles. The maximum Gasteiger partial charge on any atom is 0.261 e. The van der Waals surface area contributed by atoms with E-state index in [9.17, 15) is 13.2 Å². The van der Waals surface area contributed by atoms with Crippen LogP contribution in [0.2, 0.25) is 0 Å². The molecule has 1 N–H and O–H groups in total. The Morgan fingerprint density at radius 1 is 0.962 bits per heavy atom. The molecule has 2 aromatic rings. The van der Waals surface area contributed by atoms with Gasteiger partial charge in [0.15, 0.2) is 0 Å². The lowest BCUT2D eigenvalue weighted by Crippen LogP contribution is -2.42. The standard InChI is InChI=1S/C20H24N2O3S/c1-15-12-16(2)14-22(13-15)20(23)17-8-10-18(11-9-17)21-26(24,25)19-6-4-3-5-7-19/h3-11,15-16,21H,12-14H2,1-2H3/t15-,16+. The Morgan fingerprint density at radius 2 is 1.54 bits per heavy atom. The summed E-state index contributed by atoms with van der Waals surface area (Å²) in [6.07, 6.45) is 1.14. The average Bonchev–Trinajstić information content (AvgIpc) is 2.61. The molecule has 5 nitrogen and oxygen atoms in total. The monoisotopic (exact) mass is 372 g/mol. The van der Waals surface area contributed by atoms with Crippen LogP contribution in [0.3, 0.4) is 0 Å². The van der Waals surface area contributed by atoms with Crippen molar-refractivity contribution in [1.29, 1.82) is 0 Å². The van der Waals surface area contributed by atoms with Gasteiger partial charge >= 0.3 is 0 Å². The van der Waals surface area contributed by atoms with Crippen molar-refractivity contribution in [1.82, 2.24) is 4.90 Å². The number of likely N-dealkylation sites (tertiary alicyclic amines) is 1. The Labute approximate surface area is 155 Å². The van der Waals surface area contributed by atoms with Crippen LogP contribution in [-0.2, 0) is 10.0 Å². The van der Waals surface area contributed by atoms with Crippen LogP contribution in [0.15, 0.2) is 59.5 Å². The number of piperidine rings is 1. The lowest BCUT2D eigenvalue weighted by molar-refractivity contribution is 0.0623. The second-order valence-corrected chi connectivity index (χ2v) is 8.83. The maximum atomic E-state index is 12.7. The van der Waals surface area contributed by atoms with Crippen molar-refractivity contribution in [2.24, 2.45) is 11.8 Å². The SMILES string of the molecule is C[C@@H]1C[C@H](C)CN(C(=O)c2ccc(NS(=O)(=O)c3ccccc3)cc2)C1. The number of benzene rings is 2. The van der Waals surface area contributed by atoms with Crippen LogP contribution in [0.4, 0.5) is 5.69 Å². The molecular formula is C20H24N2O3S. The smallest absolute Gasteiger partial charge is 0.261 e. The third-order valence-electron chi connectivity index (χ3n) is 4.59. The Morgan fingerprint density at radius 3 is 2.12 bits per heavy atom. The molecule has 0 saturated carbocycles. The highest BCUT2D eigenvalue weighted by atomic mass is 32.2. The van der Waals surface area contributed by atoms with Gasteiger partial charge in [0.1, 0.15) is 0 Å². The zero-order chi connectivity index (χ0) is 18.7. The lowest BCUT2D eigenvalue weighted by atomic mass is 9.91. The van der Waals surface area contributed by atoms with Gasteiger partial charge in [-0.3, -0.25) is 9.52 Å². The van der Waals surface area contributed by atoms with Crippen LogP contribution >= 0.6 is 0 Å². The van der Waals surface area contributed by atoms with Crippen molar-refractivity contribution in [2.75, 3.05) is 17.8 Å². The minimum atomic E-state index is -3.63. The maximum absolute atomic E-state index is 12.7. The molecule has 1 saturated heterocycles. The fraction of sp³-hybridized carbons (Fsp3) is 0.350. The average molecular weight is 372 g/mol. The van der Waals surface area contributed by atoms with Crippen LogP contribution in [0.25, 0.3) is 0 Å². The third kappa shape index (κ3) is 4.25. The molecule has 1 aliphatic rings. The number of carbonyl (C=O) groups is 1. The van der Waals surface area contributed by atoms with Gasteiger partial charge in [0.05, 0.1) is 4.90 Å². The molecule has 3 rings (SSSR count). The van der Waals surface area contributed by atoms with Gasteiger partial charge in [-0.05, 0) is 54.7 Å². The number of sulfonamides is 1. The largest absolute Gasteiger partial charge is 0.338 e. The van der Waals surface area contributed by atoms with Gasteiger partial charge in [-0.2, -0.15) is 0 Å². The van der Waals surface area contributed by atoms with Gasteiger partial charge in [-0.15, -0.1) is 0 Å². The molecule has 1 fully saturated rings. The van der Waals surface area contributed by atoms with E-state index in [2.05, 4.69) is 18.6 Å². The molecule has 1 heterocycles. The summed E-state index contributed by atoms with van der Waals surface area (Å²) in [6.45, 7) is 5.87. The number of rotatable bonds is 4. The number of nitrogens with zero attached hydrogens (tertiary/aromatic N) is 1. The molecule has 138 valence electrons. The Hall–Kier alpha value is -2.34. The molecule has 0 spiro atoms. The Balaban J connectivity index is 1.71. The molecule has 1 amide bonds. The van der Waals surface area contributed by atoms with Gasteiger partial charge in [0.2, 0.25) is 0 Å². The fourth-order valence-electron chi connectivity index (χ4n) is 3.51. The van der Waals surface area contributed by atoms with E-state index in [4.69, 9.17) is 0 Å². The molecule has 0 unspecified atom stereocenters. The number of hydrogen-bond acceptors (Lipinski definition) is 3. The number of amides is 1. The van der Waals surface area contributed by atoms with E-state index in [1.54, 1.807) is 54.6 Å². The molecule has 6 heteroatoms. The molecule has 0 aliphatic carbocycles. The molecular weight excluding hydrogens is 348 g/mol. The number of carbonyl (C=O) groups excluding carboxylic acids is 1. The number of nitrogens with one attached hydrogen (secondary N) is 1. The first-order chi connectivity index (χ1) is 12.3. The highest BCUT2D eigenvalue weighted by molar-refractivity contribution is 7.92. The van der Waals surface area contributed by atoms with Gasteiger partial charge < -0.3 is 4.90 Å². The molecule has 26 heavy (non-hydrogen) atoms. The molecule has 0 radical (unpaired) electrons. The van der Waals surface area contributed by atoms with Gasteiger partial charge in [-0.1, -0.05) is 32.0 Å². The van der Waals surface area contributed by atoms with Crippen molar-refractivity contribution >= 4 is 21.6 Å². The summed E-state index contributed by atoms with van der Waals surface area (Å²) in [5.74, 6) is 1.00. The Kier molecular flexibility index (Phi) is 5.32. The van der Waals surface area contributed by atoms with Crippen molar-refractivity contribution < 1.29 is 13.2 Å². The second-order valence-electron chi connectivity index (χ2n) is 7.15. The summed E-state index contributed by atoms with van der Waals surface area (Å²) in [4.78, 5) is 14.8. The van der Waals surface area contributed by atoms with Gasteiger partial charge in [0, 0.05) is 24.3 Å². The van der Waals surface area contributed by atoms with E-state index in [0.717, 1.165) is 19.5 Å². The van der Waals surface area contributed by atoms with E-state index >= 15 is 0 Å². The summed E-state index contributed by atoms with van der Waals surface area (Å²) in [5, 5.41) is 0. The normalized spacial score (nSPS) is 20.6. The first-order valence-corrected chi connectivity index (χ1v) is 10.3. The van der Waals surface area contributed by atoms with Crippen LogP contribution in [0.1, 0.15) is 30.6 Å². The topological polar surface area (TPSA) is 66.5 Å². The van der Waals surface area contributed by atoms with Crippen molar-refractivity contribution in [3.8, 4) is 0 Å². The minimum Gasteiger partial charge on any atom is -0.338 e. The van der Waals surface area contributed by atoms with Gasteiger partial charge in [-0.25, -0.2) is 8.42 Å². The van der Waals surface area contributed by atoms with Crippen LogP contribution in [-0.4, -0.2) is 32.3 Å². The zero-order valence-electron chi connectivity index (χ0n) is 15.1. The first kappa shape index (κ1) is 18.5. The van der Waals surface area contributed by atoms with Crippen molar-refractivity contribution in [3.63, 3.8) is 0 Å². The molecule has 2 atom stereocenters. The fourth-order valence-corrected chi connectivity index (χ4v) is 4.59. The van der Waals surface area contributed by atoms with Crippen LogP contribution in [0, 0.1) is 11.8 Å². The summed E-state index contributed by atoms with van der Waals surface area (Å²) < 4.78 is 27.2. The number of hydrogen-bond donors (Lipinski definition) is 1. The summed E-state index contributed by atoms with van der Waals surface area (Å²) in [7, 11) is -3.63. The minimum absolute atomic E-state index is 0.000802. The zero-order valence-corrected chi connectivity index (χ0v) is 15.9. The predicted octanol–water partition coefficient (Wildman–Crippen LogP) is 3.61. The van der Waals surface area contributed by atoms with E-state index in [0.29, 0.717) is 23.1 Å². The molecule has 2 aromatic carbocycles. The highest BCUT2D eigenvalue weighted by Gasteiger charge is 2.26. The highest BCUT2D eigenvalue weighted by Crippen LogP contribution is 2.23. The molecule has 0 bridgehead atoms. The lowest BCUT2D eigenvalue weighted by Gasteiger charge is -2.35. The summed E-state index contributed by atoms with van der Waals surface area (Å²) >= 11 is 0.